The number of nitrogens with two attached hydrogens (primary N) is 1. The highest BCUT2D eigenvalue weighted by atomic mass is 35.5. The first kappa shape index (κ1) is 10.3. The number of hydrogen-bond acceptors (Lipinski definition) is 4. The van der Waals surface area contributed by atoms with E-state index in [2.05, 4.69) is 10.3 Å². The topological polar surface area (TPSA) is 50.9 Å². The van der Waals surface area contributed by atoms with Gasteiger partial charge in [-0.3, -0.25) is 0 Å². The van der Waals surface area contributed by atoms with E-state index in [9.17, 15) is 0 Å². The van der Waals surface area contributed by atoms with Gasteiger partial charge in [-0.05, 0) is 23.6 Å². The summed E-state index contributed by atoms with van der Waals surface area (Å²) in [5.74, 6) is 0. The summed E-state index contributed by atoms with van der Waals surface area (Å²) < 4.78 is 0. The summed E-state index contributed by atoms with van der Waals surface area (Å²) in [5, 5.41) is 5.70. The van der Waals surface area contributed by atoms with Crippen LogP contribution in [0.3, 0.4) is 0 Å². The standard InChI is InChI=1S/C10H10ClN3S/c11-10-2-1-7(5-14-10)13-6-9-8(12)3-4-15-9/h1-5,13H,6,12H2. The van der Waals surface area contributed by atoms with Crippen molar-refractivity contribution in [2.24, 2.45) is 0 Å². The first-order chi connectivity index (χ1) is 7.25. The van der Waals surface area contributed by atoms with E-state index in [0.29, 0.717) is 11.7 Å². The summed E-state index contributed by atoms with van der Waals surface area (Å²) in [5.41, 5.74) is 7.53. The molecular weight excluding hydrogens is 230 g/mol. The molecule has 2 heterocycles. The molecule has 0 atom stereocenters. The van der Waals surface area contributed by atoms with Gasteiger partial charge in [0.15, 0.2) is 0 Å². The Hall–Kier alpha value is -1.26. The molecule has 2 aromatic heterocycles. The molecule has 0 unspecified atom stereocenters. The summed E-state index contributed by atoms with van der Waals surface area (Å²) in [4.78, 5) is 5.11. The highest BCUT2D eigenvalue weighted by Gasteiger charge is 2.00. The van der Waals surface area contributed by atoms with Crippen LogP contribution in [0.4, 0.5) is 11.4 Å². The highest BCUT2D eigenvalue weighted by Crippen LogP contribution is 2.20. The van der Waals surface area contributed by atoms with Crippen LogP contribution in [0.1, 0.15) is 4.88 Å². The first-order valence-corrected chi connectivity index (χ1v) is 5.69. The van der Waals surface area contributed by atoms with Gasteiger partial charge in [-0.25, -0.2) is 4.98 Å². The van der Waals surface area contributed by atoms with Crippen molar-refractivity contribution in [3.63, 3.8) is 0 Å². The second-order valence-electron chi connectivity index (χ2n) is 3.02. The quantitative estimate of drug-likeness (QED) is 0.810. The van der Waals surface area contributed by atoms with Crippen LogP contribution in [0, 0.1) is 0 Å². The Balaban J connectivity index is 1.99. The van der Waals surface area contributed by atoms with Gasteiger partial charge in [0.05, 0.1) is 18.4 Å². The Bertz CT molecular complexity index is 438. The van der Waals surface area contributed by atoms with Gasteiger partial charge in [-0.1, -0.05) is 11.6 Å². The van der Waals surface area contributed by atoms with Crippen LogP contribution in [0.15, 0.2) is 29.8 Å². The number of halogens is 1. The van der Waals surface area contributed by atoms with Crippen LogP contribution in [0.2, 0.25) is 5.15 Å². The van der Waals surface area contributed by atoms with Gasteiger partial charge >= 0.3 is 0 Å². The SMILES string of the molecule is Nc1ccsc1CNc1ccc(Cl)nc1. The number of thiophene rings is 1. The van der Waals surface area contributed by atoms with Gasteiger partial charge in [-0.15, -0.1) is 11.3 Å². The van der Waals surface area contributed by atoms with E-state index in [4.69, 9.17) is 17.3 Å². The fraction of sp³-hybridized carbons (Fsp3) is 0.100. The molecule has 78 valence electrons. The Morgan fingerprint density at radius 2 is 2.27 bits per heavy atom. The predicted octanol–water partition coefficient (Wildman–Crippen LogP) is 2.99. The Labute approximate surface area is 96.9 Å². The summed E-state index contributed by atoms with van der Waals surface area (Å²) in [6.07, 6.45) is 1.70. The van der Waals surface area contributed by atoms with E-state index in [0.717, 1.165) is 16.3 Å². The van der Waals surface area contributed by atoms with Gasteiger partial charge in [0.1, 0.15) is 5.15 Å². The minimum Gasteiger partial charge on any atom is -0.398 e. The fourth-order valence-corrected chi connectivity index (χ4v) is 2.01. The Kier molecular flexibility index (Phi) is 3.08. The van der Waals surface area contributed by atoms with E-state index in [1.807, 2.05) is 17.5 Å². The van der Waals surface area contributed by atoms with Crippen LogP contribution < -0.4 is 11.1 Å². The zero-order valence-corrected chi connectivity index (χ0v) is 9.48. The number of nitrogens with zero attached hydrogens (tertiary/aromatic N) is 1. The van der Waals surface area contributed by atoms with Crippen molar-refractivity contribution < 1.29 is 0 Å². The average molecular weight is 240 g/mol. The number of nitrogens with one attached hydrogen (secondary N) is 1. The van der Waals surface area contributed by atoms with Crippen molar-refractivity contribution in [3.05, 3.63) is 39.8 Å². The lowest BCUT2D eigenvalue weighted by Crippen LogP contribution is -2.00. The Morgan fingerprint density at radius 1 is 1.40 bits per heavy atom. The molecule has 5 heteroatoms. The van der Waals surface area contributed by atoms with E-state index >= 15 is 0 Å². The maximum Gasteiger partial charge on any atom is 0.129 e. The lowest BCUT2D eigenvalue weighted by atomic mass is 10.3. The van der Waals surface area contributed by atoms with Crippen molar-refractivity contribution in [2.45, 2.75) is 6.54 Å². The van der Waals surface area contributed by atoms with Crippen LogP contribution >= 0.6 is 22.9 Å². The minimum absolute atomic E-state index is 0.496. The van der Waals surface area contributed by atoms with Gasteiger partial charge in [0, 0.05) is 10.6 Å². The maximum absolute atomic E-state index is 5.76. The van der Waals surface area contributed by atoms with E-state index < -0.39 is 0 Å². The number of rotatable bonds is 3. The number of nitrogen functional groups attached to an aromatic ring is 1. The molecule has 0 saturated carbocycles. The lowest BCUT2D eigenvalue weighted by molar-refractivity contribution is 1.18. The normalized spacial score (nSPS) is 10.2. The molecule has 0 aliphatic rings. The van der Waals surface area contributed by atoms with Gasteiger partial charge < -0.3 is 11.1 Å². The zero-order chi connectivity index (χ0) is 10.7. The molecule has 0 amide bonds. The molecule has 15 heavy (non-hydrogen) atoms. The second-order valence-corrected chi connectivity index (χ2v) is 4.41. The van der Waals surface area contributed by atoms with E-state index in [-0.39, 0.29) is 0 Å². The third-order valence-electron chi connectivity index (χ3n) is 1.96. The van der Waals surface area contributed by atoms with Crippen molar-refractivity contribution in [3.8, 4) is 0 Å². The van der Waals surface area contributed by atoms with Gasteiger partial charge in [0.2, 0.25) is 0 Å². The first-order valence-electron chi connectivity index (χ1n) is 4.43. The van der Waals surface area contributed by atoms with Crippen LogP contribution in [0.25, 0.3) is 0 Å². The number of aromatic nitrogens is 1. The largest absolute Gasteiger partial charge is 0.398 e. The molecule has 0 aliphatic heterocycles. The van der Waals surface area contributed by atoms with E-state index in [1.165, 1.54) is 0 Å². The zero-order valence-electron chi connectivity index (χ0n) is 7.90. The second kappa shape index (κ2) is 4.51. The van der Waals surface area contributed by atoms with E-state index in [1.54, 1.807) is 23.6 Å². The molecule has 0 aromatic carbocycles. The molecule has 0 spiro atoms. The van der Waals surface area contributed by atoms with Crippen molar-refractivity contribution >= 4 is 34.3 Å². The molecule has 0 fully saturated rings. The number of anilines is 2. The van der Waals surface area contributed by atoms with Crippen molar-refractivity contribution in [1.29, 1.82) is 0 Å². The van der Waals surface area contributed by atoms with Crippen molar-refractivity contribution in [1.82, 2.24) is 4.98 Å². The van der Waals surface area contributed by atoms with Crippen LogP contribution in [-0.2, 0) is 6.54 Å². The highest BCUT2D eigenvalue weighted by molar-refractivity contribution is 7.10. The molecule has 3 N–H and O–H groups in total. The molecule has 0 radical (unpaired) electrons. The van der Waals surface area contributed by atoms with Gasteiger partial charge in [-0.2, -0.15) is 0 Å². The smallest absolute Gasteiger partial charge is 0.129 e. The number of pyridine rings is 1. The molecular formula is C10H10ClN3S. The number of hydrogen-bond donors (Lipinski definition) is 2. The monoisotopic (exact) mass is 239 g/mol. The molecule has 0 saturated heterocycles. The molecule has 2 rings (SSSR count). The van der Waals surface area contributed by atoms with Crippen LogP contribution in [0.5, 0.6) is 0 Å². The molecule has 0 bridgehead atoms. The Morgan fingerprint density at radius 3 is 2.87 bits per heavy atom. The molecule has 0 aliphatic carbocycles. The van der Waals surface area contributed by atoms with Crippen LogP contribution in [-0.4, -0.2) is 4.98 Å². The van der Waals surface area contributed by atoms with Crippen molar-refractivity contribution in [2.75, 3.05) is 11.1 Å². The van der Waals surface area contributed by atoms with Gasteiger partial charge in [0.25, 0.3) is 0 Å². The molecule has 2 aromatic rings. The lowest BCUT2D eigenvalue weighted by Gasteiger charge is -2.04. The molecule has 3 nitrogen and oxygen atoms in total. The summed E-state index contributed by atoms with van der Waals surface area (Å²) >= 11 is 7.32. The third kappa shape index (κ3) is 2.61. The summed E-state index contributed by atoms with van der Waals surface area (Å²) in [7, 11) is 0. The summed E-state index contributed by atoms with van der Waals surface area (Å²) in [6, 6.07) is 5.54. The summed E-state index contributed by atoms with van der Waals surface area (Å²) in [6.45, 7) is 0.715. The average Bonchev–Trinajstić information content (AvgIpc) is 2.63. The fourth-order valence-electron chi connectivity index (χ4n) is 1.16. The third-order valence-corrected chi connectivity index (χ3v) is 3.12. The predicted molar refractivity (Wildman–Crippen MR) is 65.3 cm³/mol. The minimum atomic E-state index is 0.496. The maximum atomic E-state index is 5.76.